The number of hydrogen-bond acceptors (Lipinski definition) is 2. The van der Waals surface area contributed by atoms with Crippen LogP contribution in [0, 0.1) is 0 Å². The summed E-state index contributed by atoms with van der Waals surface area (Å²) < 4.78 is 0. The first kappa shape index (κ1) is 13.3. The van der Waals surface area contributed by atoms with E-state index in [-0.39, 0.29) is 17.8 Å². The molecule has 0 radical (unpaired) electrons. The first-order valence-corrected chi connectivity index (χ1v) is 6.05. The van der Waals surface area contributed by atoms with Crippen molar-refractivity contribution in [1.29, 1.82) is 0 Å². The predicted molar refractivity (Wildman–Crippen MR) is 72.9 cm³/mol. The lowest BCUT2D eigenvalue weighted by Gasteiger charge is -2.05. The molecular formula is C15H11ClO3. The number of hydrogen-bond donors (Lipinski definition) is 1. The van der Waals surface area contributed by atoms with Crippen LogP contribution in [-0.4, -0.2) is 16.9 Å². The SMILES string of the molecule is O=C(Cc1ccccc1C(=O)O)c1cccc(Cl)c1. The lowest BCUT2D eigenvalue weighted by Crippen LogP contribution is -2.08. The first-order valence-electron chi connectivity index (χ1n) is 5.68. The number of carboxylic acids is 1. The predicted octanol–water partition coefficient (Wildman–Crippen LogP) is 3.46. The summed E-state index contributed by atoms with van der Waals surface area (Å²) in [5.74, 6) is -1.19. The monoisotopic (exact) mass is 274 g/mol. The zero-order valence-corrected chi connectivity index (χ0v) is 10.7. The maximum Gasteiger partial charge on any atom is 0.335 e. The highest BCUT2D eigenvalue weighted by Crippen LogP contribution is 2.15. The molecule has 0 saturated heterocycles. The summed E-state index contributed by atoms with van der Waals surface area (Å²) in [5.41, 5.74) is 1.13. The highest BCUT2D eigenvalue weighted by Gasteiger charge is 2.13. The van der Waals surface area contributed by atoms with E-state index in [1.807, 2.05) is 0 Å². The van der Waals surface area contributed by atoms with Gasteiger partial charge in [-0.1, -0.05) is 41.9 Å². The molecule has 0 aliphatic rings. The zero-order valence-electron chi connectivity index (χ0n) is 9.97. The van der Waals surface area contributed by atoms with Crippen molar-refractivity contribution < 1.29 is 14.7 Å². The summed E-state index contributed by atoms with van der Waals surface area (Å²) in [5, 5.41) is 9.54. The Morgan fingerprint density at radius 3 is 2.47 bits per heavy atom. The van der Waals surface area contributed by atoms with E-state index in [1.165, 1.54) is 6.07 Å². The normalized spacial score (nSPS) is 10.2. The van der Waals surface area contributed by atoms with Crippen LogP contribution >= 0.6 is 11.6 Å². The van der Waals surface area contributed by atoms with E-state index in [0.717, 1.165) is 0 Å². The molecule has 2 aromatic carbocycles. The van der Waals surface area contributed by atoms with Crippen LogP contribution in [-0.2, 0) is 6.42 Å². The fraction of sp³-hybridized carbons (Fsp3) is 0.0667. The van der Waals surface area contributed by atoms with E-state index >= 15 is 0 Å². The molecule has 0 fully saturated rings. The Labute approximate surface area is 115 Å². The van der Waals surface area contributed by atoms with Gasteiger partial charge in [-0.25, -0.2) is 4.79 Å². The number of benzene rings is 2. The number of carboxylic acid groups (broad SMARTS) is 1. The molecule has 0 heterocycles. The Morgan fingerprint density at radius 2 is 1.79 bits per heavy atom. The highest BCUT2D eigenvalue weighted by atomic mass is 35.5. The van der Waals surface area contributed by atoms with Crippen molar-refractivity contribution in [3.8, 4) is 0 Å². The average Bonchev–Trinajstić information content (AvgIpc) is 2.39. The standard InChI is InChI=1S/C15H11ClO3/c16-12-6-3-5-11(8-12)14(17)9-10-4-1-2-7-13(10)15(18)19/h1-8H,9H2,(H,18,19). The minimum absolute atomic E-state index is 0.0445. The van der Waals surface area contributed by atoms with Crippen LogP contribution < -0.4 is 0 Å². The van der Waals surface area contributed by atoms with Gasteiger partial charge in [-0.3, -0.25) is 4.79 Å². The Morgan fingerprint density at radius 1 is 1.05 bits per heavy atom. The van der Waals surface area contributed by atoms with Crippen LogP contribution in [0.2, 0.25) is 5.02 Å². The number of halogens is 1. The van der Waals surface area contributed by atoms with Crippen molar-refractivity contribution >= 4 is 23.4 Å². The van der Waals surface area contributed by atoms with Crippen LogP contribution in [0.25, 0.3) is 0 Å². The van der Waals surface area contributed by atoms with Crippen molar-refractivity contribution in [1.82, 2.24) is 0 Å². The van der Waals surface area contributed by atoms with Crippen molar-refractivity contribution in [3.63, 3.8) is 0 Å². The molecule has 96 valence electrons. The van der Waals surface area contributed by atoms with Gasteiger partial charge in [0.15, 0.2) is 5.78 Å². The molecule has 0 unspecified atom stereocenters. The van der Waals surface area contributed by atoms with E-state index < -0.39 is 5.97 Å². The Kier molecular flexibility index (Phi) is 3.97. The minimum atomic E-state index is -1.03. The molecule has 0 bridgehead atoms. The van der Waals surface area contributed by atoms with E-state index in [4.69, 9.17) is 16.7 Å². The van der Waals surface area contributed by atoms with E-state index in [2.05, 4.69) is 0 Å². The summed E-state index contributed by atoms with van der Waals surface area (Å²) in [4.78, 5) is 23.2. The van der Waals surface area contributed by atoms with Gasteiger partial charge < -0.3 is 5.11 Å². The van der Waals surface area contributed by atoms with Gasteiger partial charge >= 0.3 is 5.97 Å². The van der Waals surface area contributed by atoms with Gasteiger partial charge in [-0.15, -0.1) is 0 Å². The second-order valence-corrected chi connectivity index (χ2v) is 4.51. The Balaban J connectivity index is 2.27. The number of aromatic carboxylic acids is 1. The van der Waals surface area contributed by atoms with Crippen LogP contribution in [0.15, 0.2) is 48.5 Å². The molecular weight excluding hydrogens is 264 g/mol. The quantitative estimate of drug-likeness (QED) is 0.869. The van der Waals surface area contributed by atoms with Crippen molar-refractivity contribution in [2.24, 2.45) is 0 Å². The number of carbonyl (C=O) groups excluding carboxylic acids is 1. The summed E-state index contributed by atoms with van der Waals surface area (Å²) in [6.45, 7) is 0. The molecule has 3 nitrogen and oxygen atoms in total. The summed E-state index contributed by atoms with van der Waals surface area (Å²) in [6.07, 6.45) is 0.0445. The van der Waals surface area contributed by atoms with Gasteiger partial charge in [0.1, 0.15) is 0 Å². The number of ketones is 1. The molecule has 0 aliphatic heterocycles. The maximum atomic E-state index is 12.1. The van der Waals surface area contributed by atoms with Crippen LogP contribution in [0.4, 0.5) is 0 Å². The van der Waals surface area contributed by atoms with Crippen LogP contribution in [0.3, 0.4) is 0 Å². The fourth-order valence-electron chi connectivity index (χ4n) is 1.82. The van der Waals surface area contributed by atoms with Gasteiger partial charge in [0.2, 0.25) is 0 Å². The topological polar surface area (TPSA) is 54.4 Å². The number of carbonyl (C=O) groups is 2. The largest absolute Gasteiger partial charge is 0.478 e. The molecule has 2 rings (SSSR count). The molecule has 19 heavy (non-hydrogen) atoms. The molecule has 2 aromatic rings. The van der Waals surface area contributed by atoms with E-state index in [0.29, 0.717) is 16.1 Å². The maximum absolute atomic E-state index is 12.1. The molecule has 0 atom stereocenters. The van der Waals surface area contributed by atoms with Crippen molar-refractivity contribution in [2.75, 3.05) is 0 Å². The molecule has 0 amide bonds. The minimum Gasteiger partial charge on any atom is -0.478 e. The van der Waals surface area contributed by atoms with E-state index in [9.17, 15) is 9.59 Å². The molecule has 4 heteroatoms. The lowest BCUT2D eigenvalue weighted by molar-refractivity contribution is 0.0696. The third-order valence-corrected chi connectivity index (χ3v) is 2.98. The second kappa shape index (κ2) is 5.67. The Bertz CT molecular complexity index is 635. The highest BCUT2D eigenvalue weighted by molar-refractivity contribution is 6.31. The third-order valence-electron chi connectivity index (χ3n) is 2.75. The number of rotatable bonds is 4. The van der Waals surface area contributed by atoms with Crippen LogP contribution in [0.5, 0.6) is 0 Å². The van der Waals surface area contributed by atoms with Crippen LogP contribution in [0.1, 0.15) is 26.3 Å². The number of Topliss-reactive ketones (excluding diaryl/α,β-unsaturated/α-hetero) is 1. The Hall–Kier alpha value is -2.13. The molecule has 0 spiro atoms. The van der Waals surface area contributed by atoms with Gasteiger partial charge in [-0.05, 0) is 23.8 Å². The lowest BCUT2D eigenvalue weighted by atomic mass is 9.99. The smallest absolute Gasteiger partial charge is 0.335 e. The third kappa shape index (κ3) is 3.20. The molecule has 0 aliphatic carbocycles. The fourth-order valence-corrected chi connectivity index (χ4v) is 2.01. The summed E-state index contributed by atoms with van der Waals surface area (Å²) in [6, 6.07) is 13.1. The molecule has 0 saturated carbocycles. The summed E-state index contributed by atoms with van der Waals surface area (Å²) >= 11 is 5.83. The van der Waals surface area contributed by atoms with E-state index in [1.54, 1.807) is 42.5 Å². The van der Waals surface area contributed by atoms with Gasteiger partial charge in [0.05, 0.1) is 5.56 Å². The second-order valence-electron chi connectivity index (χ2n) is 4.07. The van der Waals surface area contributed by atoms with Crippen molar-refractivity contribution in [2.45, 2.75) is 6.42 Å². The first-order chi connectivity index (χ1) is 9.08. The summed E-state index contributed by atoms with van der Waals surface area (Å²) in [7, 11) is 0. The molecule has 1 N–H and O–H groups in total. The van der Waals surface area contributed by atoms with Gasteiger partial charge in [-0.2, -0.15) is 0 Å². The average molecular weight is 275 g/mol. The van der Waals surface area contributed by atoms with Crippen molar-refractivity contribution in [3.05, 3.63) is 70.2 Å². The van der Waals surface area contributed by atoms with Gasteiger partial charge in [0, 0.05) is 17.0 Å². The zero-order chi connectivity index (χ0) is 13.8. The molecule has 0 aromatic heterocycles. The van der Waals surface area contributed by atoms with Gasteiger partial charge in [0.25, 0.3) is 0 Å².